The van der Waals surface area contributed by atoms with Crippen molar-refractivity contribution in [2.24, 2.45) is 5.92 Å². The van der Waals surface area contributed by atoms with Gasteiger partial charge in [0.25, 0.3) is 5.69 Å². The van der Waals surface area contributed by atoms with Gasteiger partial charge < -0.3 is 9.64 Å². The van der Waals surface area contributed by atoms with Crippen molar-refractivity contribution in [2.45, 2.75) is 6.42 Å². The molecule has 1 fully saturated rings. The Hall–Kier alpha value is -1.71. The topological polar surface area (TPSA) is 89.8 Å². The molecule has 0 radical (unpaired) electrons. The number of rotatable bonds is 3. The molecule has 0 aromatic heterocycles. The molecule has 0 N–H and O–H groups in total. The highest BCUT2D eigenvalue weighted by Crippen LogP contribution is 2.34. The number of methoxy groups -OCH3 is 1. The van der Waals surface area contributed by atoms with Gasteiger partial charge in [-0.05, 0) is 34.7 Å². The largest absolute Gasteiger partial charge is 0.469 e. The monoisotopic (exact) mass is 390 g/mol. The number of nitro benzene ring substituents is 1. The summed E-state index contributed by atoms with van der Waals surface area (Å²) in [7, 11) is 1.25. The molecule has 1 aromatic carbocycles. The molecule has 1 aliphatic heterocycles. The van der Waals surface area contributed by atoms with Crippen molar-refractivity contribution in [2.75, 3.05) is 18.6 Å². The van der Waals surface area contributed by atoms with E-state index >= 15 is 0 Å². The average molecular weight is 390 g/mol. The van der Waals surface area contributed by atoms with Gasteiger partial charge in [0.1, 0.15) is 5.69 Å². The molecule has 0 spiro atoms. The van der Waals surface area contributed by atoms with Crippen LogP contribution < -0.4 is 4.90 Å². The van der Waals surface area contributed by atoms with Crippen molar-refractivity contribution in [1.82, 2.24) is 0 Å². The summed E-state index contributed by atoms with van der Waals surface area (Å²) in [5.74, 6) is -1.37. The Morgan fingerprint density at radius 1 is 1.55 bits per heavy atom. The van der Waals surface area contributed by atoms with E-state index < -0.39 is 16.8 Å². The number of benzene rings is 1. The molecule has 7 nitrogen and oxygen atoms in total. The second-order valence-corrected chi connectivity index (χ2v) is 5.56. The Morgan fingerprint density at radius 2 is 2.25 bits per heavy atom. The first kappa shape index (κ1) is 14.7. The van der Waals surface area contributed by atoms with Crippen molar-refractivity contribution in [3.63, 3.8) is 0 Å². The molecule has 1 heterocycles. The van der Waals surface area contributed by atoms with E-state index in [9.17, 15) is 19.7 Å². The minimum Gasteiger partial charge on any atom is -0.469 e. The van der Waals surface area contributed by atoms with E-state index in [2.05, 4.69) is 4.74 Å². The van der Waals surface area contributed by atoms with E-state index in [4.69, 9.17) is 0 Å². The fourth-order valence-electron chi connectivity index (χ4n) is 2.14. The zero-order valence-electron chi connectivity index (χ0n) is 10.5. The minimum absolute atomic E-state index is 0.00974. The summed E-state index contributed by atoms with van der Waals surface area (Å²) in [6.45, 7) is 0.104. The third-order valence-electron chi connectivity index (χ3n) is 3.08. The van der Waals surface area contributed by atoms with E-state index in [1.807, 2.05) is 22.6 Å². The zero-order chi connectivity index (χ0) is 14.9. The maximum Gasteiger partial charge on any atom is 0.311 e. The zero-order valence-corrected chi connectivity index (χ0v) is 12.7. The maximum absolute atomic E-state index is 12.0. The van der Waals surface area contributed by atoms with Crippen molar-refractivity contribution in [3.05, 3.63) is 31.9 Å². The van der Waals surface area contributed by atoms with Crippen LogP contribution in [-0.4, -0.2) is 30.5 Å². The molecule has 1 unspecified atom stereocenters. The lowest BCUT2D eigenvalue weighted by Crippen LogP contribution is -2.26. The lowest BCUT2D eigenvalue weighted by molar-refractivity contribution is -0.384. The van der Waals surface area contributed by atoms with Gasteiger partial charge in [-0.2, -0.15) is 0 Å². The van der Waals surface area contributed by atoms with Crippen LogP contribution in [0, 0.1) is 19.6 Å². The SMILES string of the molecule is COC(=O)C1CC(=O)N(c2ccc(I)cc2[N+](=O)[O-])C1. The first-order valence-corrected chi connectivity index (χ1v) is 6.84. The second kappa shape index (κ2) is 5.73. The van der Waals surface area contributed by atoms with E-state index in [1.54, 1.807) is 6.07 Å². The summed E-state index contributed by atoms with van der Waals surface area (Å²) < 4.78 is 5.31. The van der Waals surface area contributed by atoms with E-state index in [0.717, 1.165) is 0 Å². The summed E-state index contributed by atoms with van der Waals surface area (Å²) in [4.78, 5) is 35.3. The van der Waals surface area contributed by atoms with Crippen LogP contribution in [0.3, 0.4) is 0 Å². The van der Waals surface area contributed by atoms with Gasteiger partial charge in [0.2, 0.25) is 5.91 Å². The van der Waals surface area contributed by atoms with E-state index in [1.165, 1.54) is 24.1 Å². The molecule has 0 aliphatic carbocycles. The second-order valence-electron chi connectivity index (χ2n) is 4.32. The van der Waals surface area contributed by atoms with Crippen molar-refractivity contribution < 1.29 is 19.2 Å². The Labute approximate surface area is 128 Å². The van der Waals surface area contributed by atoms with E-state index in [-0.39, 0.29) is 30.2 Å². The molecule has 1 saturated heterocycles. The average Bonchev–Trinajstić information content (AvgIpc) is 2.79. The number of carbonyl (C=O) groups is 2. The van der Waals surface area contributed by atoms with Crippen LogP contribution in [0.4, 0.5) is 11.4 Å². The number of ether oxygens (including phenoxy) is 1. The molecular formula is C12H11IN2O5. The van der Waals surface area contributed by atoms with Gasteiger partial charge >= 0.3 is 5.97 Å². The number of nitrogens with zero attached hydrogens (tertiary/aromatic N) is 2. The fraction of sp³-hybridized carbons (Fsp3) is 0.333. The first-order valence-electron chi connectivity index (χ1n) is 5.76. The van der Waals surface area contributed by atoms with Crippen LogP contribution >= 0.6 is 22.6 Å². The Kier molecular flexibility index (Phi) is 4.21. The number of halogens is 1. The summed E-state index contributed by atoms with van der Waals surface area (Å²) >= 11 is 1.96. The Morgan fingerprint density at radius 3 is 2.85 bits per heavy atom. The number of hydrogen-bond donors (Lipinski definition) is 0. The quantitative estimate of drug-likeness (QED) is 0.339. The predicted molar refractivity (Wildman–Crippen MR) is 78.3 cm³/mol. The summed E-state index contributed by atoms with van der Waals surface area (Å²) in [5.41, 5.74) is 0.0718. The summed E-state index contributed by atoms with van der Waals surface area (Å²) in [6.07, 6.45) is 0.00974. The first-order chi connectivity index (χ1) is 9.43. The number of amides is 1. The fourth-order valence-corrected chi connectivity index (χ4v) is 2.61. The molecule has 106 valence electrons. The normalized spacial score (nSPS) is 18.2. The molecule has 20 heavy (non-hydrogen) atoms. The number of carbonyl (C=O) groups excluding carboxylic acids is 2. The molecular weight excluding hydrogens is 379 g/mol. The lowest BCUT2D eigenvalue weighted by Gasteiger charge is -2.16. The van der Waals surface area contributed by atoms with Crippen molar-refractivity contribution in [1.29, 1.82) is 0 Å². The highest BCUT2D eigenvalue weighted by atomic mass is 127. The minimum atomic E-state index is -0.577. The van der Waals surface area contributed by atoms with Crippen LogP contribution in [0.5, 0.6) is 0 Å². The summed E-state index contributed by atoms with van der Waals surface area (Å²) in [5, 5.41) is 11.1. The smallest absolute Gasteiger partial charge is 0.311 e. The van der Waals surface area contributed by atoms with Gasteiger partial charge in [-0.15, -0.1) is 0 Å². The number of esters is 1. The number of hydrogen-bond acceptors (Lipinski definition) is 5. The van der Waals surface area contributed by atoms with Gasteiger partial charge in [-0.3, -0.25) is 19.7 Å². The van der Waals surface area contributed by atoms with Crippen LogP contribution in [0.2, 0.25) is 0 Å². The molecule has 2 rings (SSSR count). The molecule has 0 saturated carbocycles. The van der Waals surface area contributed by atoms with Crippen molar-refractivity contribution >= 4 is 45.8 Å². The summed E-state index contributed by atoms with van der Waals surface area (Å²) in [6, 6.07) is 4.60. The Balaban J connectivity index is 2.35. The van der Waals surface area contributed by atoms with Crippen molar-refractivity contribution in [3.8, 4) is 0 Å². The van der Waals surface area contributed by atoms with E-state index in [0.29, 0.717) is 3.57 Å². The standard InChI is InChI=1S/C12H11IN2O5/c1-20-12(17)7-4-11(16)14(6-7)9-3-2-8(13)5-10(9)15(18)19/h2-3,5,7H,4,6H2,1H3. The molecule has 1 amide bonds. The number of anilines is 1. The molecule has 1 aliphatic rings. The van der Waals surface area contributed by atoms with Crippen LogP contribution in [0.15, 0.2) is 18.2 Å². The molecule has 8 heteroatoms. The molecule has 1 aromatic rings. The van der Waals surface area contributed by atoms with Crippen LogP contribution in [0.1, 0.15) is 6.42 Å². The lowest BCUT2D eigenvalue weighted by atomic mass is 10.1. The highest BCUT2D eigenvalue weighted by Gasteiger charge is 2.38. The maximum atomic E-state index is 12.0. The van der Waals surface area contributed by atoms with Gasteiger partial charge in [0.05, 0.1) is 18.0 Å². The number of nitro groups is 1. The van der Waals surface area contributed by atoms with Gasteiger partial charge in [0, 0.05) is 22.6 Å². The van der Waals surface area contributed by atoms with Gasteiger partial charge in [-0.1, -0.05) is 0 Å². The van der Waals surface area contributed by atoms with Crippen LogP contribution in [-0.2, 0) is 14.3 Å². The third kappa shape index (κ3) is 2.74. The third-order valence-corrected chi connectivity index (χ3v) is 3.76. The van der Waals surface area contributed by atoms with Gasteiger partial charge in [0.15, 0.2) is 0 Å². The molecule has 1 atom stereocenters. The Bertz CT molecular complexity index is 589. The van der Waals surface area contributed by atoms with Gasteiger partial charge in [-0.25, -0.2) is 0 Å². The highest BCUT2D eigenvalue weighted by molar-refractivity contribution is 14.1. The van der Waals surface area contributed by atoms with Crippen LogP contribution in [0.25, 0.3) is 0 Å². The molecule has 0 bridgehead atoms. The predicted octanol–water partition coefficient (Wildman–Crippen LogP) is 1.73.